The zero-order valence-electron chi connectivity index (χ0n) is 13.4. The Balaban J connectivity index is 2.03. The summed E-state index contributed by atoms with van der Waals surface area (Å²) in [7, 11) is 0. The normalized spacial score (nSPS) is 11.1. The van der Waals surface area contributed by atoms with E-state index in [1.54, 1.807) is 0 Å². The second-order valence-electron chi connectivity index (χ2n) is 5.55. The summed E-state index contributed by atoms with van der Waals surface area (Å²) in [6.07, 6.45) is 0. The minimum atomic E-state index is -0.378. The molecule has 0 saturated heterocycles. The molecule has 2 aromatic heterocycles. The van der Waals surface area contributed by atoms with Gasteiger partial charge in [-0.2, -0.15) is 0 Å². The molecule has 0 aliphatic heterocycles. The van der Waals surface area contributed by atoms with Crippen molar-refractivity contribution in [2.75, 3.05) is 5.75 Å². The van der Waals surface area contributed by atoms with Crippen LogP contribution in [0.3, 0.4) is 0 Å². The molecule has 7 heteroatoms. The van der Waals surface area contributed by atoms with Gasteiger partial charge in [-0.15, -0.1) is 23.1 Å². The van der Waals surface area contributed by atoms with E-state index in [1.165, 1.54) is 28.7 Å². The van der Waals surface area contributed by atoms with E-state index in [1.807, 2.05) is 38.1 Å². The van der Waals surface area contributed by atoms with E-state index in [0.29, 0.717) is 17.0 Å². The predicted molar refractivity (Wildman–Crippen MR) is 101 cm³/mol. The number of primary amides is 1. The molecule has 3 rings (SSSR count). The number of aromatic amines is 1. The van der Waals surface area contributed by atoms with Gasteiger partial charge in [-0.1, -0.05) is 29.8 Å². The number of aromatic nitrogens is 2. The van der Waals surface area contributed by atoms with E-state index in [4.69, 9.17) is 5.73 Å². The summed E-state index contributed by atoms with van der Waals surface area (Å²) in [6, 6.07) is 8.13. The molecule has 0 aliphatic carbocycles. The summed E-state index contributed by atoms with van der Waals surface area (Å²) in [5.41, 5.74) is 8.12. The number of thiophene rings is 1. The van der Waals surface area contributed by atoms with E-state index >= 15 is 0 Å². The summed E-state index contributed by atoms with van der Waals surface area (Å²) < 4.78 is 0. The number of thioether (sulfide) groups is 1. The first-order valence-corrected chi connectivity index (χ1v) is 9.38. The van der Waals surface area contributed by atoms with Gasteiger partial charge in [0.2, 0.25) is 5.91 Å². The van der Waals surface area contributed by atoms with E-state index < -0.39 is 0 Å². The van der Waals surface area contributed by atoms with E-state index in [-0.39, 0.29) is 17.2 Å². The number of carbonyl (C=O) groups is 1. The summed E-state index contributed by atoms with van der Waals surface area (Å²) >= 11 is 2.85. The van der Waals surface area contributed by atoms with Crippen LogP contribution in [0.2, 0.25) is 0 Å². The molecular weight excluding hydrogens is 342 g/mol. The Bertz CT molecular complexity index is 958. The van der Waals surface area contributed by atoms with Gasteiger partial charge in [0.25, 0.3) is 5.56 Å². The molecule has 3 N–H and O–H groups in total. The predicted octanol–water partition coefficient (Wildman–Crippen LogP) is 2.99. The molecular formula is C17H17N3O2S2. The monoisotopic (exact) mass is 359 g/mol. The van der Waals surface area contributed by atoms with Crippen molar-refractivity contribution in [3.63, 3.8) is 0 Å². The van der Waals surface area contributed by atoms with Crippen LogP contribution in [0.25, 0.3) is 21.3 Å². The van der Waals surface area contributed by atoms with Crippen molar-refractivity contribution in [1.82, 2.24) is 9.97 Å². The fourth-order valence-electron chi connectivity index (χ4n) is 2.55. The van der Waals surface area contributed by atoms with Gasteiger partial charge in [0, 0.05) is 10.4 Å². The zero-order chi connectivity index (χ0) is 17.3. The van der Waals surface area contributed by atoms with Crippen molar-refractivity contribution in [1.29, 1.82) is 0 Å². The fraction of sp³-hybridized carbons (Fsp3) is 0.235. The summed E-state index contributed by atoms with van der Waals surface area (Å²) in [5, 5.41) is 0.630. The number of hydrogen-bond acceptors (Lipinski definition) is 5. The molecule has 0 unspecified atom stereocenters. The van der Waals surface area contributed by atoms with Crippen LogP contribution in [0.1, 0.15) is 16.3 Å². The third kappa shape index (κ3) is 3.37. The first-order valence-electron chi connectivity index (χ1n) is 7.41. The Morgan fingerprint density at radius 1 is 1.29 bits per heavy atom. The molecule has 0 fully saturated rings. The van der Waals surface area contributed by atoms with Gasteiger partial charge in [-0.3, -0.25) is 9.59 Å². The lowest BCUT2D eigenvalue weighted by Crippen LogP contribution is -2.14. The lowest BCUT2D eigenvalue weighted by atomic mass is 10.0. The van der Waals surface area contributed by atoms with Gasteiger partial charge in [0.15, 0.2) is 0 Å². The molecule has 2 heterocycles. The molecule has 24 heavy (non-hydrogen) atoms. The Morgan fingerprint density at radius 2 is 2.00 bits per heavy atom. The number of hydrogen-bond donors (Lipinski definition) is 2. The molecule has 0 atom stereocenters. The zero-order valence-corrected chi connectivity index (χ0v) is 15.0. The molecule has 0 aliphatic rings. The van der Waals surface area contributed by atoms with Crippen LogP contribution in [0.15, 0.2) is 29.1 Å². The van der Waals surface area contributed by atoms with Gasteiger partial charge in [-0.05, 0) is 19.4 Å². The number of nitrogens with zero attached hydrogens (tertiary/aromatic N) is 1. The number of fused-ring (bicyclic) bond motifs is 1. The number of amides is 1. The lowest BCUT2D eigenvalue weighted by molar-refractivity contribution is -0.115. The first kappa shape index (κ1) is 16.7. The van der Waals surface area contributed by atoms with Crippen LogP contribution in [0.5, 0.6) is 0 Å². The number of nitrogens with one attached hydrogen (secondary N) is 1. The number of benzene rings is 1. The van der Waals surface area contributed by atoms with Crippen LogP contribution in [-0.2, 0) is 10.5 Å². The number of aryl methyl sites for hydroxylation is 2. The van der Waals surface area contributed by atoms with E-state index in [2.05, 4.69) is 9.97 Å². The van der Waals surface area contributed by atoms with Crippen molar-refractivity contribution in [2.24, 2.45) is 5.73 Å². The van der Waals surface area contributed by atoms with Crippen molar-refractivity contribution in [3.05, 3.63) is 50.9 Å². The highest BCUT2D eigenvalue weighted by Gasteiger charge is 2.16. The van der Waals surface area contributed by atoms with Crippen molar-refractivity contribution in [3.8, 4) is 11.1 Å². The first-order chi connectivity index (χ1) is 11.5. The van der Waals surface area contributed by atoms with Crippen LogP contribution < -0.4 is 11.3 Å². The summed E-state index contributed by atoms with van der Waals surface area (Å²) in [5.74, 6) is 0.845. The number of nitrogens with two attached hydrogens (primary N) is 1. The molecule has 0 radical (unpaired) electrons. The SMILES string of the molecule is Cc1ccc(-c2c(C)sc3nc(CSCC(N)=O)[nH]c(=O)c23)cc1. The molecule has 3 aromatic rings. The summed E-state index contributed by atoms with van der Waals surface area (Å²) in [4.78, 5) is 32.6. The average molecular weight is 359 g/mol. The van der Waals surface area contributed by atoms with Gasteiger partial charge in [0.1, 0.15) is 10.7 Å². The maximum absolute atomic E-state index is 12.6. The molecule has 5 nitrogen and oxygen atoms in total. The minimum Gasteiger partial charge on any atom is -0.369 e. The third-order valence-electron chi connectivity index (χ3n) is 3.61. The van der Waals surface area contributed by atoms with E-state index in [0.717, 1.165) is 20.8 Å². The Morgan fingerprint density at radius 3 is 2.67 bits per heavy atom. The van der Waals surface area contributed by atoms with Gasteiger partial charge in [0.05, 0.1) is 16.9 Å². The van der Waals surface area contributed by atoms with Gasteiger partial charge >= 0.3 is 0 Å². The Kier molecular flexibility index (Phi) is 4.73. The second kappa shape index (κ2) is 6.78. The van der Waals surface area contributed by atoms with Gasteiger partial charge < -0.3 is 10.7 Å². The maximum Gasteiger partial charge on any atom is 0.260 e. The van der Waals surface area contributed by atoms with Crippen molar-refractivity contribution >= 4 is 39.2 Å². The Hall–Kier alpha value is -2.12. The fourth-order valence-corrected chi connectivity index (χ4v) is 4.25. The molecule has 1 amide bonds. The van der Waals surface area contributed by atoms with Crippen LogP contribution in [-0.4, -0.2) is 21.6 Å². The molecule has 0 spiro atoms. The van der Waals surface area contributed by atoms with Crippen LogP contribution in [0.4, 0.5) is 0 Å². The van der Waals surface area contributed by atoms with Gasteiger partial charge in [-0.25, -0.2) is 4.98 Å². The largest absolute Gasteiger partial charge is 0.369 e. The topological polar surface area (TPSA) is 88.8 Å². The molecule has 124 valence electrons. The maximum atomic E-state index is 12.6. The third-order valence-corrected chi connectivity index (χ3v) is 5.58. The van der Waals surface area contributed by atoms with E-state index in [9.17, 15) is 9.59 Å². The average Bonchev–Trinajstić information content (AvgIpc) is 2.84. The smallest absolute Gasteiger partial charge is 0.260 e. The highest BCUT2D eigenvalue weighted by molar-refractivity contribution is 7.99. The Labute approximate surface area is 147 Å². The molecule has 0 bridgehead atoms. The van der Waals surface area contributed by atoms with Crippen LogP contribution in [0, 0.1) is 13.8 Å². The van der Waals surface area contributed by atoms with Crippen LogP contribution >= 0.6 is 23.1 Å². The number of H-pyrrole nitrogens is 1. The second-order valence-corrected chi connectivity index (χ2v) is 7.74. The van der Waals surface area contributed by atoms with Crippen molar-refractivity contribution in [2.45, 2.75) is 19.6 Å². The van der Waals surface area contributed by atoms with Crippen molar-refractivity contribution < 1.29 is 4.79 Å². The highest BCUT2D eigenvalue weighted by Crippen LogP contribution is 2.35. The molecule has 0 saturated carbocycles. The number of carbonyl (C=O) groups excluding carboxylic acids is 1. The standard InChI is InChI=1S/C17H17N3O2S2/c1-9-3-5-11(6-4-9)14-10(2)24-17-15(14)16(22)19-13(20-17)8-23-7-12(18)21/h3-6H,7-8H2,1-2H3,(H2,18,21)(H,19,20,22). The molecule has 1 aromatic carbocycles. The lowest BCUT2D eigenvalue weighted by Gasteiger charge is -2.03. The quantitative estimate of drug-likeness (QED) is 0.733. The number of rotatable bonds is 5. The summed E-state index contributed by atoms with van der Waals surface area (Å²) in [6.45, 7) is 4.04. The minimum absolute atomic E-state index is 0.144. The highest BCUT2D eigenvalue weighted by atomic mass is 32.2.